The zero-order valence-electron chi connectivity index (χ0n) is 8.03. The molecular formula is C11H9ClN2O. The molecule has 0 saturated carbocycles. The summed E-state index contributed by atoms with van der Waals surface area (Å²) in [5.74, 6) is 1.08. The molecule has 0 aliphatic carbocycles. The molecule has 0 radical (unpaired) electrons. The van der Waals surface area contributed by atoms with Crippen LogP contribution in [0.5, 0.6) is 0 Å². The van der Waals surface area contributed by atoms with Gasteiger partial charge in [0.2, 0.25) is 0 Å². The normalized spacial score (nSPS) is 14.5. The average molecular weight is 221 g/mol. The third-order valence-corrected chi connectivity index (χ3v) is 3.26. The SMILES string of the molecule is O=Cc1ccc2nc3n(c2c1Cl)CCC3. The molecule has 0 saturated heterocycles. The van der Waals surface area contributed by atoms with Crippen molar-refractivity contribution in [3.63, 3.8) is 0 Å². The number of benzene rings is 1. The van der Waals surface area contributed by atoms with Crippen LogP contribution < -0.4 is 0 Å². The summed E-state index contributed by atoms with van der Waals surface area (Å²) in [7, 11) is 0. The van der Waals surface area contributed by atoms with Gasteiger partial charge in [-0.2, -0.15) is 0 Å². The molecule has 4 heteroatoms. The van der Waals surface area contributed by atoms with Gasteiger partial charge < -0.3 is 4.57 Å². The minimum absolute atomic E-state index is 0.531. The van der Waals surface area contributed by atoms with Crippen molar-refractivity contribution >= 4 is 28.9 Å². The molecule has 1 aliphatic rings. The third-order valence-electron chi connectivity index (χ3n) is 2.86. The number of carbonyl (C=O) groups is 1. The van der Waals surface area contributed by atoms with Crippen molar-refractivity contribution in [1.82, 2.24) is 9.55 Å². The Morgan fingerprint density at radius 2 is 2.33 bits per heavy atom. The van der Waals surface area contributed by atoms with Gasteiger partial charge in [-0.25, -0.2) is 4.98 Å². The molecule has 0 amide bonds. The summed E-state index contributed by atoms with van der Waals surface area (Å²) in [6.07, 6.45) is 2.90. The molecule has 0 bridgehead atoms. The maximum absolute atomic E-state index is 10.8. The predicted molar refractivity (Wildman–Crippen MR) is 58.5 cm³/mol. The Labute approximate surface area is 91.7 Å². The van der Waals surface area contributed by atoms with Gasteiger partial charge in [-0.1, -0.05) is 11.6 Å². The summed E-state index contributed by atoms with van der Waals surface area (Å²) < 4.78 is 2.12. The van der Waals surface area contributed by atoms with Gasteiger partial charge in [0.15, 0.2) is 6.29 Å². The maximum Gasteiger partial charge on any atom is 0.151 e. The van der Waals surface area contributed by atoms with Gasteiger partial charge in [-0.05, 0) is 18.6 Å². The molecule has 0 spiro atoms. The second kappa shape index (κ2) is 3.07. The number of hydrogen-bond acceptors (Lipinski definition) is 2. The van der Waals surface area contributed by atoms with E-state index in [1.807, 2.05) is 6.07 Å². The van der Waals surface area contributed by atoms with Crippen LogP contribution in [0.25, 0.3) is 11.0 Å². The molecule has 1 aromatic heterocycles. The molecule has 0 atom stereocenters. The van der Waals surface area contributed by atoms with Crippen molar-refractivity contribution in [3.05, 3.63) is 28.5 Å². The number of rotatable bonds is 1. The van der Waals surface area contributed by atoms with Crippen LogP contribution in [0.4, 0.5) is 0 Å². The van der Waals surface area contributed by atoms with E-state index in [-0.39, 0.29) is 0 Å². The van der Waals surface area contributed by atoms with Gasteiger partial charge >= 0.3 is 0 Å². The van der Waals surface area contributed by atoms with Crippen LogP contribution >= 0.6 is 11.6 Å². The molecule has 2 aromatic rings. The van der Waals surface area contributed by atoms with E-state index in [4.69, 9.17) is 11.6 Å². The highest BCUT2D eigenvalue weighted by molar-refractivity contribution is 6.37. The van der Waals surface area contributed by atoms with Crippen molar-refractivity contribution in [2.24, 2.45) is 0 Å². The Hall–Kier alpha value is -1.35. The van der Waals surface area contributed by atoms with E-state index in [1.54, 1.807) is 6.07 Å². The van der Waals surface area contributed by atoms with Crippen LogP contribution in [-0.4, -0.2) is 15.8 Å². The number of halogens is 1. The van der Waals surface area contributed by atoms with Gasteiger partial charge in [0.1, 0.15) is 5.82 Å². The van der Waals surface area contributed by atoms with Crippen LogP contribution in [0.3, 0.4) is 0 Å². The van der Waals surface area contributed by atoms with E-state index in [1.165, 1.54) is 0 Å². The summed E-state index contributed by atoms with van der Waals surface area (Å²) >= 11 is 6.17. The highest BCUT2D eigenvalue weighted by Gasteiger charge is 2.19. The lowest BCUT2D eigenvalue weighted by molar-refractivity contribution is 0.112. The topological polar surface area (TPSA) is 34.9 Å². The van der Waals surface area contributed by atoms with Crippen LogP contribution in [-0.2, 0) is 13.0 Å². The lowest BCUT2D eigenvalue weighted by Gasteiger charge is -2.02. The Morgan fingerprint density at radius 1 is 1.47 bits per heavy atom. The van der Waals surface area contributed by atoms with E-state index in [2.05, 4.69) is 9.55 Å². The van der Waals surface area contributed by atoms with Crippen LogP contribution in [0, 0.1) is 0 Å². The summed E-state index contributed by atoms with van der Waals surface area (Å²) in [5.41, 5.74) is 2.34. The van der Waals surface area contributed by atoms with E-state index in [0.29, 0.717) is 10.6 Å². The van der Waals surface area contributed by atoms with E-state index in [9.17, 15) is 4.79 Å². The Kier molecular flexibility index (Phi) is 1.83. The predicted octanol–water partition coefficient (Wildman–Crippen LogP) is 2.45. The fourth-order valence-corrected chi connectivity index (χ4v) is 2.47. The number of hydrogen-bond donors (Lipinski definition) is 0. The van der Waals surface area contributed by atoms with Crippen molar-refractivity contribution in [2.45, 2.75) is 19.4 Å². The summed E-state index contributed by atoms with van der Waals surface area (Å²) in [6, 6.07) is 3.58. The zero-order valence-corrected chi connectivity index (χ0v) is 8.79. The standard InChI is InChI=1S/C11H9ClN2O/c12-10-7(6-15)3-4-8-11(10)14-5-1-2-9(14)13-8/h3-4,6H,1-2,5H2. The third kappa shape index (κ3) is 1.13. The van der Waals surface area contributed by atoms with Gasteiger partial charge in [0, 0.05) is 18.5 Å². The smallest absolute Gasteiger partial charge is 0.151 e. The fourth-order valence-electron chi connectivity index (χ4n) is 2.16. The van der Waals surface area contributed by atoms with Crippen LogP contribution in [0.15, 0.2) is 12.1 Å². The second-order valence-electron chi connectivity index (χ2n) is 3.74. The monoisotopic (exact) mass is 220 g/mol. The number of aromatic nitrogens is 2. The molecule has 0 N–H and O–H groups in total. The van der Waals surface area contributed by atoms with E-state index < -0.39 is 0 Å². The van der Waals surface area contributed by atoms with Gasteiger partial charge in [-0.15, -0.1) is 0 Å². The van der Waals surface area contributed by atoms with Crippen molar-refractivity contribution in [3.8, 4) is 0 Å². The lowest BCUT2D eigenvalue weighted by Crippen LogP contribution is -1.93. The van der Waals surface area contributed by atoms with Crippen LogP contribution in [0.2, 0.25) is 5.02 Å². The molecule has 0 unspecified atom stereocenters. The second-order valence-corrected chi connectivity index (χ2v) is 4.12. The first-order valence-corrected chi connectivity index (χ1v) is 5.32. The van der Waals surface area contributed by atoms with Gasteiger partial charge in [-0.3, -0.25) is 4.79 Å². The van der Waals surface area contributed by atoms with Crippen LogP contribution in [0.1, 0.15) is 22.6 Å². The van der Waals surface area contributed by atoms with E-state index in [0.717, 1.165) is 42.5 Å². The largest absolute Gasteiger partial charge is 0.327 e. The zero-order chi connectivity index (χ0) is 10.4. The van der Waals surface area contributed by atoms with Crippen molar-refractivity contribution in [1.29, 1.82) is 0 Å². The maximum atomic E-state index is 10.8. The molecule has 3 nitrogen and oxygen atoms in total. The number of fused-ring (bicyclic) bond motifs is 3. The molecule has 1 aromatic carbocycles. The first-order chi connectivity index (χ1) is 7.31. The molecule has 76 valence electrons. The Balaban J connectivity index is 2.42. The summed E-state index contributed by atoms with van der Waals surface area (Å²) in [4.78, 5) is 15.3. The fraction of sp³-hybridized carbons (Fsp3) is 0.273. The number of carbonyl (C=O) groups excluding carboxylic acids is 1. The Bertz CT molecular complexity index is 559. The number of aryl methyl sites for hydroxylation is 2. The minimum atomic E-state index is 0.531. The minimum Gasteiger partial charge on any atom is -0.327 e. The molecule has 0 fully saturated rings. The average Bonchev–Trinajstić information content (AvgIpc) is 2.77. The quantitative estimate of drug-likeness (QED) is 0.692. The highest BCUT2D eigenvalue weighted by atomic mass is 35.5. The number of imidazole rings is 1. The van der Waals surface area contributed by atoms with E-state index >= 15 is 0 Å². The first-order valence-electron chi connectivity index (χ1n) is 4.94. The van der Waals surface area contributed by atoms with Gasteiger partial charge in [0.05, 0.1) is 16.1 Å². The Morgan fingerprint density at radius 3 is 3.13 bits per heavy atom. The molecule has 3 rings (SSSR count). The highest BCUT2D eigenvalue weighted by Crippen LogP contribution is 2.30. The number of nitrogens with zero attached hydrogens (tertiary/aromatic N) is 2. The number of aldehydes is 1. The lowest BCUT2D eigenvalue weighted by atomic mass is 10.2. The van der Waals surface area contributed by atoms with Gasteiger partial charge in [0.25, 0.3) is 0 Å². The summed E-state index contributed by atoms with van der Waals surface area (Å²) in [5, 5.41) is 0.531. The molecule has 1 aliphatic heterocycles. The molecule has 15 heavy (non-hydrogen) atoms. The molecule has 2 heterocycles. The summed E-state index contributed by atoms with van der Waals surface area (Å²) in [6.45, 7) is 0.952. The van der Waals surface area contributed by atoms with Crippen molar-refractivity contribution < 1.29 is 4.79 Å². The first kappa shape index (κ1) is 8.92. The van der Waals surface area contributed by atoms with Crippen molar-refractivity contribution in [2.75, 3.05) is 0 Å². The molecular weight excluding hydrogens is 212 g/mol.